The molecule has 0 aromatic heterocycles. The monoisotopic (exact) mass is 254 g/mol. The van der Waals surface area contributed by atoms with Crippen molar-refractivity contribution in [1.82, 2.24) is 0 Å². The van der Waals surface area contributed by atoms with E-state index in [0.717, 1.165) is 41.9 Å². The van der Waals surface area contributed by atoms with Crippen molar-refractivity contribution in [1.29, 1.82) is 0 Å². The van der Waals surface area contributed by atoms with Crippen LogP contribution >= 0.6 is 0 Å². The van der Waals surface area contributed by atoms with Crippen molar-refractivity contribution < 1.29 is 14.6 Å². The number of aromatic carboxylic acids is 1. The molecule has 1 heterocycles. The Hall–Kier alpha value is -2.29. The van der Waals surface area contributed by atoms with Gasteiger partial charge in [0, 0.05) is 0 Å². The van der Waals surface area contributed by atoms with Crippen molar-refractivity contribution >= 4 is 5.97 Å². The van der Waals surface area contributed by atoms with Gasteiger partial charge in [0.05, 0.1) is 12.2 Å². The molecule has 19 heavy (non-hydrogen) atoms. The van der Waals surface area contributed by atoms with Gasteiger partial charge in [0.2, 0.25) is 0 Å². The number of ether oxygens (including phenoxy) is 1. The third-order valence-corrected chi connectivity index (χ3v) is 3.38. The van der Waals surface area contributed by atoms with Crippen molar-refractivity contribution in [2.45, 2.75) is 12.8 Å². The highest BCUT2D eigenvalue weighted by Crippen LogP contribution is 2.31. The van der Waals surface area contributed by atoms with E-state index in [2.05, 4.69) is 0 Å². The molecular formula is C16H14O3. The standard InChI is InChI=1S/C16H14O3/c17-16(18)14-6-2-1-5-13(14)11-7-8-15-12(10-11)4-3-9-19-15/h1-2,5-8,10H,3-4,9H2,(H,17,18). The van der Waals surface area contributed by atoms with Gasteiger partial charge in [-0.2, -0.15) is 0 Å². The van der Waals surface area contributed by atoms with Crippen LogP contribution in [0, 0.1) is 0 Å². The van der Waals surface area contributed by atoms with E-state index in [1.54, 1.807) is 12.1 Å². The number of aryl methyl sites for hydroxylation is 1. The van der Waals surface area contributed by atoms with Crippen LogP contribution in [0.4, 0.5) is 0 Å². The lowest BCUT2D eigenvalue weighted by molar-refractivity contribution is 0.0697. The molecule has 1 N–H and O–H groups in total. The Morgan fingerprint density at radius 1 is 1.16 bits per heavy atom. The topological polar surface area (TPSA) is 46.5 Å². The van der Waals surface area contributed by atoms with Gasteiger partial charge in [-0.25, -0.2) is 4.79 Å². The Labute approximate surface area is 111 Å². The first-order valence-electron chi connectivity index (χ1n) is 6.34. The van der Waals surface area contributed by atoms with Crippen molar-refractivity contribution in [2.75, 3.05) is 6.61 Å². The highest BCUT2D eigenvalue weighted by Gasteiger charge is 2.14. The molecule has 0 spiro atoms. The maximum atomic E-state index is 11.3. The lowest BCUT2D eigenvalue weighted by Crippen LogP contribution is -2.08. The average molecular weight is 254 g/mol. The van der Waals surface area contributed by atoms with Gasteiger partial charge in [0.15, 0.2) is 0 Å². The molecule has 3 nitrogen and oxygen atoms in total. The van der Waals surface area contributed by atoms with Crippen molar-refractivity contribution in [3.8, 4) is 16.9 Å². The molecule has 1 aliphatic rings. The number of fused-ring (bicyclic) bond motifs is 1. The van der Waals surface area contributed by atoms with Gasteiger partial charge >= 0.3 is 5.97 Å². The molecule has 2 aromatic rings. The molecule has 0 atom stereocenters. The first-order chi connectivity index (χ1) is 9.25. The summed E-state index contributed by atoms with van der Waals surface area (Å²) in [5.41, 5.74) is 3.17. The van der Waals surface area contributed by atoms with E-state index in [0.29, 0.717) is 5.56 Å². The largest absolute Gasteiger partial charge is 0.493 e. The predicted octanol–water partition coefficient (Wildman–Crippen LogP) is 3.38. The maximum Gasteiger partial charge on any atom is 0.336 e. The first-order valence-corrected chi connectivity index (χ1v) is 6.34. The number of carboxylic acid groups (broad SMARTS) is 1. The Kier molecular flexibility index (Phi) is 2.95. The summed E-state index contributed by atoms with van der Waals surface area (Å²) in [6, 6.07) is 13.0. The molecule has 3 heteroatoms. The third-order valence-electron chi connectivity index (χ3n) is 3.38. The van der Waals surface area contributed by atoms with Crippen molar-refractivity contribution in [2.24, 2.45) is 0 Å². The minimum Gasteiger partial charge on any atom is -0.493 e. The molecule has 0 aliphatic carbocycles. The second kappa shape index (κ2) is 4.76. The van der Waals surface area contributed by atoms with E-state index < -0.39 is 5.97 Å². The summed E-state index contributed by atoms with van der Waals surface area (Å²) < 4.78 is 5.58. The zero-order chi connectivity index (χ0) is 13.2. The SMILES string of the molecule is O=C(O)c1ccccc1-c1ccc2c(c1)CCCO2. The zero-order valence-electron chi connectivity index (χ0n) is 10.4. The lowest BCUT2D eigenvalue weighted by Gasteiger charge is -2.18. The number of carboxylic acids is 1. The molecule has 3 rings (SSSR count). The summed E-state index contributed by atoms with van der Waals surface area (Å²) in [6.45, 7) is 0.762. The maximum absolute atomic E-state index is 11.3. The van der Waals surface area contributed by atoms with Crippen LogP contribution in [0.3, 0.4) is 0 Å². The minimum absolute atomic E-state index is 0.333. The summed E-state index contributed by atoms with van der Waals surface area (Å²) in [6.07, 6.45) is 2.00. The van der Waals surface area contributed by atoms with Crippen LogP contribution in [0.25, 0.3) is 11.1 Å². The van der Waals surface area contributed by atoms with Crippen LogP contribution in [-0.4, -0.2) is 17.7 Å². The fraction of sp³-hybridized carbons (Fsp3) is 0.188. The van der Waals surface area contributed by atoms with Crippen LogP contribution in [-0.2, 0) is 6.42 Å². The van der Waals surface area contributed by atoms with Gasteiger partial charge < -0.3 is 9.84 Å². The molecule has 1 aliphatic heterocycles. The minimum atomic E-state index is -0.899. The lowest BCUT2D eigenvalue weighted by atomic mass is 9.96. The zero-order valence-corrected chi connectivity index (χ0v) is 10.4. The second-order valence-electron chi connectivity index (χ2n) is 4.63. The molecule has 2 aromatic carbocycles. The van der Waals surface area contributed by atoms with Gasteiger partial charge in [-0.1, -0.05) is 24.3 Å². The number of hydrogen-bond acceptors (Lipinski definition) is 2. The summed E-state index contributed by atoms with van der Waals surface area (Å²) in [5.74, 6) is 0.0207. The Morgan fingerprint density at radius 3 is 2.84 bits per heavy atom. The van der Waals surface area contributed by atoms with Crippen LogP contribution in [0.15, 0.2) is 42.5 Å². The van der Waals surface area contributed by atoms with Crippen LogP contribution in [0.5, 0.6) is 5.75 Å². The van der Waals surface area contributed by atoms with E-state index >= 15 is 0 Å². The molecule has 0 fully saturated rings. The van der Waals surface area contributed by atoms with E-state index in [1.807, 2.05) is 30.3 Å². The number of carbonyl (C=O) groups is 1. The number of benzene rings is 2. The predicted molar refractivity (Wildman–Crippen MR) is 72.7 cm³/mol. The van der Waals surface area contributed by atoms with Gasteiger partial charge in [0.1, 0.15) is 5.75 Å². The van der Waals surface area contributed by atoms with E-state index in [4.69, 9.17) is 4.74 Å². The number of rotatable bonds is 2. The highest BCUT2D eigenvalue weighted by atomic mass is 16.5. The Bertz CT molecular complexity index is 632. The quantitative estimate of drug-likeness (QED) is 0.893. The summed E-state index contributed by atoms with van der Waals surface area (Å²) in [5, 5.41) is 9.24. The highest BCUT2D eigenvalue weighted by molar-refractivity contribution is 5.96. The molecule has 0 amide bonds. The summed E-state index contributed by atoms with van der Waals surface area (Å²) in [7, 11) is 0. The van der Waals surface area contributed by atoms with Crippen LogP contribution < -0.4 is 4.74 Å². The second-order valence-corrected chi connectivity index (χ2v) is 4.63. The summed E-state index contributed by atoms with van der Waals surface area (Å²) in [4.78, 5) is 11.3. The first kappa shape index (κ1) is 11.8. The van der Waals surface area contributed by atoms with Crippen molar-refractivity contribution in [3.63, 3.8) is 0 Å². The smallest absolute Gasteiger partial charge is 0.336 e. The van der Waals surface area contributed by atoms with Crippen LogP contribution in [0.1, 0.15) is 22.3 Å². The third kappa shape index (κ3) is 2.19. The van der Waals surface area contributed by atoms with Crippen molar-refractivity contribution in [3.05, 3.63) is 53.6 Å². The molecule has 0 bridgehead atoms. The van der Waals surface area contributed by atoms with Gasteiger partial charge in [-0.15, -0.1) is 0 Å². The van der Waals surface area contributed by atoms with Gasteiger partial charge in [-0.05, 0) is 47.7 Å². The van der Waals surface area contributed by atoms with E-state index in [1.165, 1.54) is 0 Å². The molecule has 0 unspecified atom stereocenters. The number of hydrogen-bond donors (Lipinski definition) is 1. The van der Waals surface area contributed by atoms with E-state index in [-0.39, 0.29) is 0 Å². The van der Waals surface area contributed by atoms with Gasteiger partial charge in [0.25, 0.3) is 0 Å². The average Bonchev–Trinajstić information content (AvgIpc) is 2.46. The Balaban J connectivity index is 2.10. The molecule has 0 saturated carbocycles. The molecular weight excluding hydrogens is 240 g/mol. The molecule has 0 radical (unpaired) electrons. The Morgan fingerprint density at radius 2 is 2.00 bits per heavy atom. The summed E-state index contributed by atoms with van der Waals surface area (Å²) >= 11 is 0. The normalized spacial score (nSPS) is 13.5. The van der Waals surface area contributed by atoms with E-state index in [9.17, 15) is 9.90 Å². The van der Waals surface area contributed by atoms with Gasteiger partial charge in [-0.3, -0.25) is 0 Å². The van der Waals surface area contributed by atoms with Crippen LogP contribution in [0.2, 0.25) is 0 Å². The fourth-order valence-electron chi connectivity index (χ4n) is 2.45. The molecule has 96 valence electrons. The molecule has 0 saturated heterocycles. The fourth-order valence-corrected chi connectivity index (χ4v) is 2.45.